The minimum Gasteiger partial charge on any atom is -0.444 e. The molecule has 0 spiro atoms. The lowest BCUT2D eigenvalue weighted by atomic mass is 9.84. The number of hydrogen-bond acceptors (Lipinski definition) is 4. The number of nitrogens with zero attached hydrogens (tertiary/aromatic N) is 2. The Kier molecular flexibility index (Phi) is 4.55. The number of ketones is 1. The molecular weight excluding hydrogens is 316 g/mol. The smallest absolute Gasteiger partial charge is 0.410 e. The highest BCUT2D eigenvalue weighted by molar-refractivity contribution is 5.98. The van der Waals surface area contributed by atoms with Crippen LogP contribution in [0.2, 0.25) is 0 Å². The van der Waals surface area contributed by atoms with E-state index in [0.717, 1.165) is 12.8 Å². The zero-order valence-electron chi connectivity index (χ0n) is 15.0. The molecule has 3 rings (SSSR count). The molecule has 2 fully saturated rings. The molecule has 1 aromatic rings. The molecule has 2 heterocycles. The van der Waals surface area contributed by atoms with E-state index in [2.05, 4.69) is 6.07 Å². The zero-order valence-corrected chi connectivity index (χ0v) is 15.0. The Labute approximate surface area is 148 Å². The summed E-state index contributed by atoms with van der Waals surface area (Å²) in [5.74, 6) is -0.0111. The number of hydrogen-bond donors (Lipinski definition) is 0. The van der Waals surface area contributed by atoms with E-state index in [0.29, 0.717) is 24.0 Å². The molecule has 2 atom stereocenters. The number of amides is 1. The first-order valence-electron chi connectivity index (χ1n) is 8.84. The Morgan fingerprint density at radius 2 is 1.84 bits per heavy atom. The topological polar surface area (TPSA) is 70.4 Å². The van der Waals surface area contributed by atoms with Gasteiger partial charge >= 0.3 is 6.09 Å². The predicted molar refractivity (Wildman–Crippen MR) is 93.1 cm³/mol. The molecule has 0 N–H and O–H groups in total. The van der Waals surface area contributed by atoms with E-state index in [1.54, 1.807) is 24.3 Å². The van der Waals surface area contributed by atoms with E-state index < -0.39 is 5.60 Å². The molecule has 2 saturated heterocycles. The van der Waals surface area contributed by atoms with Gasteiger partial charge in [-0.1, -0.05) is 12.1 Å². The van der Waals surface area contributed by atoms with Crippen molar-refractivity contribution in [1.29, 1.82) is 5.26 Å². The predicted octanol–water partition coefficient (Wildman–Crippen LogP) is 3.92. The number of Topliss-reactive ketones (excluding diaryl/α,β-unsaturated/α-hetero) is 1. The Hall–Kier alpha value is -2.35. The van der Waals surface area contributed by atoms with Gasteiger partial charge in [0.1, 0.15) is 5.60 Å². The highest BCUT2D eigenvalue weighted by atomic mass is 16.6. The number of rotatable bonds is 2. The van der Waals surface area contributed by atoms with Gasteiger partial charge in [-0.2, -0.15) is 5.26 Å². The largest absolute Gasteiger partial charge is 0.444 e. The minimum absolute atomic E-state index is 0.0710. The molecule has 2 unspecified atom stereocenters. The average Bonchev–Trinajstić information content (AvgIpc) is 2.83. The summed E-state index contributed by atoms with van der Waals surface area (Å²) in [4.78, 5) is 27.2. The van der Waals surface area contributed by atoms with Crippen LogP contribution in [0.4, 0.5) is 4.79 Å². The van der Waals surface area contributed by atoms with Crippen LogP contribution in [0, 0.1) is 17.2 Å². The zero-order chi connectivity index (χ0) is 18.2. The van der Waals surface area contributed by atoms with Gasteiger partial charge in [-0.3, -0.25) is 4.79 Å². The van der Waals surface area contributed by atoms with E-state index >= 15 is 0 Å². The Morgan fingerprint density at radius 3 is 2.40 bits per heavy atom. The van der Waals surface area contributed by atoms with E-state index in [1.165, 1.54) is 0 Å². The summed E-state index contributed by atoms with van der Waals surface area (Å²) in [6, 6.07) is 9.09. The summed E-state index contributed by atoms with van der Waals surface area (Å²) in [5.41, 5.74) is 0.579. The van der Waals surface area contributed by atoms with Crippen LogP contribution < -0.4 is 0 Å². The van der Waals surface area contributed by atoms with Crippen molar-refractivity contribution in [2.45, 2.75) is 64.1 Å². The molecule has 2 aliphatic rings. The third kappa shape index (κ3) is 3.68. The summed E-state index contributed by atoms with van der Waals surface area (Å²) in [6.45, 7) is 5.60. The molecule has 1 amide bonds. The number of nitriles is 1. The fourth-order valence-corrected chi connectivity index (χ4v) is 3.98. The standard InChI is InChI=1S/C20H24N2O3/c1-20(2,3)25-19(24)22-16-7-8-17(22)11-15(10-16)18(23)14-6-4-5-13(9-14)12-21/h4-6,9,15-17H,7-8,10-11H2,1-3H3. The molecule has 2 bridgehead atoms. The first-order valence-corrected chi connectivity index (χ1v) is 8.84. The Bertz CT molecular complexity index is 715. The van der Waals surface area contributed by atoms with Gasteiger partial charge in [0, 0.05) is 23.6 Å². The highest BCUT2D eigenvalue weighted by Crippen LogP contribution is 2.40. The van der Waals surface area contributed by atoms with Crippen molar-refractivity contribution >= 4 is 11.9 Å². The van der Waals surface area contributed by atoms with Gasteiger partial charge < -0.3 is 9.64 Å². The minimum atomic E-state index is -0.513. The summed E-state index contributed by atoms with van der Waals surface area (Å²) < 4.78 is 5.53. The molecule has 1 aromatic carbocycles. The Balaban J connectivity index is 1.72. The quantitative estimate of drug-likeness (QED) is 0.765. The number of carbonyl (C=O) groups excluding carboxylic acids is 2. The third-order valence-corrected chi connectivity index (χ3v) is 4.98. The second kappa shape index (κ2) is 6.51. The van der Waals surface area contributed by atoms with Crippen molar-refractivity contribution in [3.63, 3.8) is 0 Å². The van der Waals surface area contributed by atoms with Crippen LogP contribution in [-0.4, -0.2) is 34.5 Å². The number of ether oxygens (including phenoxy) is 1. The molecule has 0 aliphatic carbocycles. The lowest BCUT2D eigenvalue weighted by Gasteiger charge is -2.39. The number of piperidine rings is 1. The fourth-order valence-electron chi connectivity index (χ4n) is 3.98. The van der Waals surface area contributed by atoms with Gasteiger partial charge in [-0.25, -0.2) is 4.79 Å². The highest BCUT2D eigenvalue weighted by Gasteiger charge is 2.46. The monoisotopic (exact) mass is 340 g/mol. The SMILES string of the molecule is CC(C)(C)OC(=O)N1C2CCC1CC(C(=O)c1cccc(C#N)c1)C2. The number of carbonyl (C=O) groups is 2. The Morgan fingerprint density at radius 1 is 1.20 bits per heavy atom. The maximum absolute atomic E-state index is 12.8. The van der Waals surface area contributed by atoms with Crippen molar-refractivity contribution in [1.82, 2.24) is 4.90 Å². The fraction of sp³-hybridized carbons (Fsp3) is 0.550. The van der Waals surface area contributed by atoms with Crippen molar-refractivity contribution in [3.05, 3.63) is 35.4 Å². The van der Waals surface area contributed by atoms with Gasteiger partial charge in [-0.15, -0.1) is 0 Å². The van der Waals surface area contributed by atoms with Crippen LogP contribution in [0.1, 0.15) is 62.4 Å². The second-order valence-electron chi connectivity index (χ2n) is 8.00. The summed E-state index contributed by atoms with van der Waals surface area (Å²) in [7, 11) is 0. The number of benzene rings is 1. The van der Waals surface area contributed by atoms with Crippen molar-refractivity contribution in [2.24, 2.45) is 5.92 Å². The lowest BCUT2D eigenvalue weighted by Crippen LogP contribution is -2.49. The van der Waals surface area contributed by atoms with Crippen LogP contribution >= 0.6 is 0 Å². The van der Waals surface area contributed by atoms with Crippen LogP contribution in [0.15, 0.2) is 24.3 Å². The third-order valence-electron chi connectivity index (χ3n) is 4.98. The number of fused-ring (bicyclic) bond motifs is 2. The van der Waals surface area contributed by atoms with E-state index in [-0.39, 0.29) is 29.9 Å². The van der Waals surface area contributed by atoms with E-state index in [1.807, 2.05) is 25.7 Å². The van der Waals surface area contributed by atoms with E-state index in [9.17, 15) is 9.59 Å². The summed E-state index contributed by atoms with van der Waals surface area (Å²) in [5, 5.41) is 9.02. The molecule has 132 valence electrons. The van der Waals surface area contributed by atoms with Crippen LogP contribution in [-0.2, 0) is 4.74 Å². The molecule has 5 nitrogen and oxygen atoms in total. The normalized spacial score (nSPS) is 25.4. The first kappa shape index (κ1) is 17.5. The van der Waals surface area contributed by atoms with Crippen molar-refractivity contribution in [2.75, 3.05) is 0 Å². The van der Waals surface area contributed by atoms with Gasteiger partial charge in [-0.05, 0) is 58.6 Å². The molecule has 0 aromatic heterocycles. The maximum atomic E-state index is 12.8. The first-order chi connectivity index (χ1) is 11.8. The average molecular weight is 340 g/mol. The second-order valence-corrected chi connectivity index (χ2v) is 8.00. The molecule has 5 heteroatoms. The summed E-state index contributed by atoms with van der Waals surface area (Å²) >= 11 is 0. The van der Waals surface area contributed by atoms with Crippen LogP contribution in [0.3, 0.4) is 0 Å². The molecule has 0 radical (unpaired) electrons. The summed E-state index contributed by atoms with van der Waals surface area (Å²) in [6.07, 6.45) is 2.92. The van der Waals surface area contributed by atoms with Gasteiger partial charge in [0.2, 0.25) is 0 Å². The molecule has 0 saturated carbocycles. The lowest BCUT2D eigenvalue weighted by molar-refractivity contribution is 0.00254. The van der Waals surface area contributed by atoms with Gasteiger partial charge in [0.15, 0.2) is 5.78 Å². The van der Waals surface area contributed by atoms with Crippen molar-refractivity contribution in [3.8, 4) is 6.07 Å². The van der Waals surface area contributed by atoms with Gasteiger partial charge in [0.05, 0.1) is 11.6 Å². The van der Waals surface area contributed by atoms with E-state index in [4.69, 9.17) is 10.00 Å². The van der Waals surface area contributed by atoms with Crippen molar-refractivity contribution < 1.29 is 14.3 Å². The molecule has 2 aliphatic heterocycles. The molecular formula is C20H24N2O3. The van der Waals surface area contributed by atoms with Gasteiger partial charge in [0.25, 0.3) is 0 Å². The van der Waals surface area contributed by atoms with Crippen LogP contribution in [0.25, 0.3) is 0 Å². The maximum Gasteiger partial charge on any atom is 0.410 e. The van der Waals surface area contributed by atoms with Crippen LogP contribution in [0.5, 0.6) is 0 Å². The molecule has 25 heavy (non-hydrogen) atoms.